The van der Waals surface area contributed by atoms with Crippen molar-refractivity contribution in [3.05, 3.63) is 83.4 Å². The fraction of sp³-hybridized carbons (Fsp3) is 0.167. The van der Waals surface area contributed by atoms with E-state index < -0.39 is 11.9 Å². The van der Waals surface area contributed by atoms with Gasteiger partial charge in [-0.1, -0.05) is 63.2 Å². The van der Waals surface area contributed by atoms with Crippen LogP contribution < -0.4 is 10.1 Å². The van der Waals surface area contributed by atoms with E-state index in [1.54, 1.807) is 18.2 Å². The molecule has 2 amide bonds. The summed E-state index contributed by atoms with van der Waals surface area (Å²) in [4.78, 5) is 35.2. The predicted octanol–water partition coefficient (Wildman–Crippen LogP) is 6.09. The first-order valence-corrected chi connectivity index (χ1v) is 11.7. The van der Waals surface area contributed by atoms with Gasteiger partial charge in [-0.3, -0.25) is 19.7 Å². The summed E-state index contributed by atoms with van der Waals surface area (Å²) >= 11 is 0. The normalized spacial score (nSPS) is 12.0. The highest BCUT2D eigenvalue weighted by Gasteiger charge is 2.26. The molecule has 180 valence electrons. The van der Waals surface area contributed by atoms with Gasteiger partial charge in [0.05, 0.1) is 6.42 Å². The molecule has 1 aliphatic rings. The molecule has 0 bridgehead atoms. The molecule has 0 radical (unpaired) electrons. The molecule has 36 heavy (non-hydrogen) atoms. The first-order chi connectivity index (χ1) is 17.2. The maximum Gasteiger partial charge on any atom is 0.307 e. The molecule has 4 aromatic rings. The summed E-state index contributed by atoms with van der Waals surface area (Å²) in [5.74, 6) is -0.408. The van der Waals surface area contributed by atoms with Crippen LogP contribution in [0.2, 0.25) is 0 Å². The Balaban J connectivity index is 1.70. The van der Waals surface area contributed by atoms with Crippen molar-refractivity contribution in [1.82, 2.24) is 5.32 Å². The molecule has 0 aliphatic carbocycles. The number of nitrogens with one attached hydrogen (secondary N) is 1. The van der Waals surface area contributed by atoms with E-state index in [-0.39, 0.29) is 17.4 Å². The number of fused-ring (bicyclic) bond motifs is 2. The van der Waals surface area contributed by atoms with Crippen molar-refractivity contribution in [2.75, 3.05) is 0 Å². The molecular weight excluding hydrogens is 454 g/mol. The number of rotatable bonds is 5. The standard InChI is InChI=1S/C30H25NO5/c1-30(2,3)20-8-4-17(5-9-20)18-6-12-24-23(14-18)21-10-11-22(29(35)31-16-32)27-19(15-26(33)34)7-13-25(36-24)28(21)27/h4-14,16H,15H2,1-3H3,(H,33,34)(H,31,32,35). The van der Waals surface area contributed by atoms with E-state index in [0.29, 0.717) is 34.2 Å². The smallest absolute Gasteiger partial charge is 0.307 e. The van der Waals surface area contributed by atoms with Gasteiger partial charge in [-0.15, -0.1) is 0 Å². The van der Waals surface area contributed by atoms with Gasteiger partial charge in [-0.2, -0.15) is 0 Å². The molecule has 0 aromatic heterocycles. The maximum absolute atomic E-state index is 12.7. The zero-order chi connectivity index (χ0) is 25.6. The minimum Gasteiger partial charge on any atom is -0.481 e. The van der Waals surface area contributed by atoms with Gasteiger partial charge in [0.15, 0.2) is 0 Å². The first kappa shape index (κ1) is 23.3. The number of benzene rings is 4. The van der Waals surface area contributed by atoms with E-state index in [9.17, 15) is 19.5 Å². The molecule has 0 saturated carbocycles. The molecule has 0 atom stereocenters. The number of carbonyl (C=O) groups excluding carboxylic acids is 2. The summed E-state index contributed by atoms with van der Waals surface area (Å²) in [6.07, 6.45) is 0.0479. The Hall–Kier alpha value is -4.45. The maximum atomic E-state index is 12.7. The SMILES string of the molecule is CC(C)(C)c1ccc(-c2ccc3c(c2)-c2ccc(C(=O)NC=O)c4c(CC(=O)O)ccc(c24)O3)cc1. The lowest BCUT2D eigenvalue weighted by Gasteiger charge is -2.24. The van der Waals surface area contributed by atoms with Gasteiger partial charge < -0.3 is 9.84 Å². The zero-order valence-electron chi connectivity index (χ0n) is 20.2. The summed E-state index contributed by atoms with van der Waals surface area (Å²) in [6, 6.07) is 21.3. The van der Waals surface area contributed by atoms with Gasteiger partial charge >= 0.3 is 5.97 Å². The Labute approximate surface area is 208 Å². The van der Waals surface area contributed by atoms with Gasteiger partial charge in [0.2, 0.25) is 6.41 Å². The summed E-state index contributed by atoms with van der Waals surface area (Å²) in [6.45, 7) is 6.54. The largest absolute Gasteiger partial charge is 0.481 e. The van der Waals surface area contributed by atoms with Gasteiger partial charge in [0, 0.05) is 21.9 Å². The summed E-state index contributed by atoms with van der Waals surface area (Å²) in [5, 5.41) is 12.8. The van der Waals surface area contributed by atoms with Gasteiger partial charge in [0.25, 0.3) is 5.91 Å². The van der Waals surface area contributed by atoms with Crippen molar-refractivity contribution in [2.45, 2.75) is 32.6 Å². The van der Waals surface area contributed by atoms with Gasteiger partial charge in [0.1, 0.15) is 11.5 Å². The molecule has 6 heteroatoms. The van der Waals surface area contributed by atoms with E-state index in [1.807, 2.05) is 24.3 Å². The number of carboxylic acid groups (broad SMARTS) is 1. The van der Waals surface area contributed by atoms with Crippen LogP contribution in [0.1, 0.15) is 42.3 Å². The highest BCUT2D eigenvalue weighted by molar-refractivity contribution is 6.17. The van der Waals surface area contributed by atoms with Crippen LogP contribution in [0, 0.1) is 0 Å². The third-order valence-corrected chi connectivity index (χ3v) is 6.56. The molecular formula is C30H25NO5. The van der Waals surface area contributed by atoms with Crippen molar-refractivity contribution in [3.63, 3.8) is 0 Å². The fourth-order valence-corrected chi connectivity index (χ4v) is 4.77. The number of hydrogen-bond donors (Lipinski definition) is 2. The van der Waals surface area contributed by atoms with Crippen molar-refractivity contribution in [1.29, 1.82) is 0 Å². The van der Waals surface area contributed by atoms with E-state index in [4.69, 9.17) is 4.74 Å². The van der Waals surface area contributed by atoms with Gasteiger partial charge in [-0.05, 0) is 57.5 Å². The number of amides is 2. The van der Waals surface area contributed by atoms with Crippen LogP contribution in [-0.4, -0.2) is 23.4 Å². The van der Waals surface area contributed by atoms with Crippen LogP contribution >= 0.6 is 0 Å². The van der Waals surface area contributed by atoms with Crippen LogP contribution in [0.4, 0.5) is 0 Å². The van der Waals surface area contributed by atoms with Crippen LogP contribution in [0.25, 0.3) is 33.0 Å². The van der Waals surface area contributed by atoms with E-state index >= 15 is 0 Å². The lowest BCUT2D eigenvalue weighted by molar-refractivity contribution is -0.136. The molecule has 5 rings (SSSR count). The Kier molecular flexibility index (Phi) is 5.59. The number of imide groups is 1. The third kappa shape index (κ3) is 4.01. The van der Waals surface area contributed by atoms with Crippen LogP contribution in [-0.2, 0) is 21.4 Å². The molecule has 0 spiro atoms. The average molecular weight is 480 g/mol. The third-order valence-electron chi connectivity index (χ3n) is 6.56. The lowest BCUT2D eigenvalue weighted by atomic mass is 9.85. The second-order valence-electron chi connectivity index (χ2n) is 9.94. The lowest BCUT2D eigenvalue weighted by Crippen LogP contribution is -2.22. The van der Waals surface area contributed by atoms with Crippen LogP contribution in [0.3, 0.4) is 0 Å². The summed E-state index contributed by atoms with van der Waals surface area (Å²) < 4.78 is 6.21. The zero-order valence-corrected chi connectivity index (χ0v) is 20.2. The molecule has 0 unspecified atom stereocenters. The number of ether oxygens (including phenoxy) is 1. The molecule has 1 aliphatic heterocycles. The minimum absolute atomic E-state index is 0.0586. The van der Waals surface area contributed by atoms with Gasteiger partial charge in [-0.25, -0.2) is 0 Å². The molecule has 1 heterocycles. The number of hydrogen-bond acceptors (Lipinski definition) is 4. The second kappa shape index (κ2) is 8.64. The first-order valence-electron chi connectivity index (χ1n) is 11.7. The molecule has 4 aromatic carbocycles. The van der Waals surface area contributed by atoms with E-state index in [1.165, 1.54) is 5.56 Å². The number of carboxylic acids is 1. The molecule has 0 fully saturated rings. The van der Waals surface area contributed by atoms with Crippen molar-refractivity contribution in [3.8, 4) is 33.8 Å². The Morgan fingerprint density at radius 3 is 2.22 bits per heavy atom. The highest BCUT2D eigenvalue weighted by Crippen LogP contribution is 2.49. The number of carbonyl (C=O) groups is 3. The second-order valence-corrected chi connectivity index (χ2v) is 9.94. The predicted molar refractivity (Wildman–Crippen MR) is 138 cm³/mol. The van der Waals surface area contributed by atoms with E-state index in [2.05, 4.69) is 50.4 Å². The fourth-order valence-electron chi connectivity index (χ4n) is 4.77. The van der Waals surface area contributed by atoms with Crippen molar-refractivity contribution < 1.29 is 24.2 Å². The summed E-state index contributed by atoms with van der Waals surface area (Å²) in [5.41, 5.74) is 5.76. The average Bonchev–Trinajstić information content (AvgIpc) is 2.84. The number of aliphatic carboxylic acids is 1. The monoisotopic (exact) mass is 479 g/mol. The quantitative estimate of drug-likeness (QED) is 0.298. The Morgan fingerprint density at radius 2 is 1.56 bits per heavy atom. The Bertz CT molecular complexity index is 1540. The van der Waals surface area contributed by atoms with Crippen LogP contribution in [0.15, 0.2) is 66.7 Å². The topological polar surface area (TPSA) is 92.7 Å². The molecule has 2 N–H and O–H groups in total. The highest BCUT2D eigenvalue weighted by atomic mass is 16.5. The van der Waals surface area contributed by atoms with E-state index in [0.717, 1.165) is 22.3 Å². The Morgan fingerprint density at radius 1 is 0.861 bits per heavy atom. The molecule has 6 nitrogen and oxygen atoms in total. The van der Waals surface area contributed by atoms with Crippen molar-refractivity contribution >= 4 is 29.1 Å². The van der Waals surface area contributed by atoms with Crippen LogP contribution in [0.5, 0.6) is 11.5 Å². The molecule has 0 saturated heterocycles. The summed E-state index contributed by atoms with van der Waals surface area (Å²) in [7, 11) is 0. The minimum atomic E-state index is -1.02. The van der Waals surface area contributed by atoms with Crippen molar-refractivity contribution in [2.24, 2.45) is 0 Å².